The van der Waals surface area contributed by atoms with E-state index < -0.39 is 0 Å². The number of carbonyl (C=O) groups excluding carboxylic acids is 1. The fourth-order valence-electron chi connectivity index (χ4n) is 5.59. The molecule has 0 spiro atoms. The summed E-state index contributed by atoms with van der Waals surface area (Å²) in [7, 11) is 0. The fourth-order valence-corrected chi connectivity index (χ4v) is 5.59. The average Bonchev–Trinajstić information content (AvgIpc) is 3.13. The maximum Gasteiger partial charge on any atom is 0.250 e. The Balaban J connectivity index is 1.24. The van der Waals surface area contributed by atoms with Crippen molar-refractivity contribution in [1.82, 2.24) is 14.0 Å². The Kier molecular flexibility index (Phi) is 5.20. The number of hydrogen-bond donors (Lipinski definition) is 0. The van der Waals surface area contributed by atoms with Crippen LogP contribution in [0, 0.1) is 5.92 Å². The van der Waals surface area contributed by atoms with Gasteiger partial charge in [0.05, 0.1) is 0 Å². The van der Waals surface area contributed by atoms with E-state index in [1.54, 1.807) is 6.07 Å². The molecule has 2 aliphatic heterocycles. The van der Waals surface area contributed by atoms with E-state index >= 15 is 0 Å². The molecule has 5 rings (SSSR count). The summed E-state index contributed by atoms with van der Waals surface area (Å²) in [6.45, 7) is 6.68. The second-order valence-corrected chi connectivity index (χ2v) is 9.52. The first-order valence-electron chi connectivity index (χ1n) is 11.6. The van der Waals surface area contributed by atoms with Gasteiger partial charge in [-0.05, 0) is 56.7 Å². The molecule has 0 N–H and O–H groups in total. The van der Waals surface area contributed by atoms with E-state index in [4.69, 9.17) is 0 Å². The second kappa shape index (κ2) is 8.03. The van der Waals surface area contributed by atoms with Gasteiger partial charge in [-0.2, -0.15) is 0 Å². The molecule has 0 saturated carbocycles. The van der Waals surface area contributed by atoms with Crippen molar-refractivity contribution in [2.24, 2.45) is 5.92 Å². The quantitative estimate of drug-likeness (QED) is 0.620. The Bertz CT molecular complexity index is 1170. The molecule has 1 saturated heterocycles. The first-order valence-corrected chi connectivity index (χ1v) is 11.6. The number of aromatic nitrogens is 2. The summed E-state index contributed by atoms with van der Waals surface area (Å²) in [5, 5.41) is 1.30. The zero-order chi connectivity index (χ0) is 21.5. The maximum absolute atomic E-state index is 13.0. The third kappa shape index (κ3) is 3.71. The molecular weight excluding hydrogens is 386 g/mol. The van der Waals surface area contributed by atoms with Crippen LogP contribution < -0.4 is 5.56 Å². The third-order valence-corrected chi connectivity index (χ3v) is 7.05. The molecule has 1 fully saturated rings. The number of rotatable bonds is 5. The molecule has 3 aromatic rings. The normalized spacial score (nSPS) is 20.3. The van der Waals surface area contributed by atoms with E-state index in [0.717, 1.165) is 44.6 Å². The lowest BCUT2D eigenvalue weighted by atomic mass is 9.83. The van der Waals surface area contributed by atoms with Crippen LogP contribution in [0.15, 0.2) is 53.5 Å². The summed E-state index contributed by atoms with van der Waals surface area (Å²) in [4.78, 5) is 27.3. The lowest BCUT2D eigenvalue weighted by Gasteiger charge is -2.42. The number of hydrogen-bond acceptors (Lipinski definition) is 2. The highest BCUT2D eigenvalue weighted by Gasteiger charge is 2.35. The zero-order valence-corrected chi connectivity index (χ0v) is 18.5. The molecule has 5 nitrogen and oxygen atoms in total. The van der Waals surface area contributed by atoms with Crippen LogP contribution >= 0.6 is 0 Å². The van der Waals surface area contributed by atoms with Gasteiger partial charge >= 0.3 is 0 Å². The van der Waals surface area contributed by atoms with Crippen molar-refractivity contribution in [3.05, 3.63) is 70.3 Å². The number of para-hydroxylation sites is 1. The number of carbonyl (C=O) groups is 1. The molecule has 4 heterocycles. The Morgan fingerprint density at radius 3 is 2.74 bits per heavy atom. The van der Waals surface area contributed by atoms with E-state index in [-0.39, 0.29) is 17.4 Å². The molecule has 1 amide bonds. The minimum atomic E-state index is 0.0903. The van der Waals surface area contributed by atoms with Gasteiger partial charge in [-0.25, -0.2) is 0 Å². The van der Waals surface area contributed by atoms with Gasteiger partial charge in [-0.3, -0.25) is 9.59 Å². The standard InChI is InChI=1S/C26H31N3O2/c1-18(2)28-17-20(22-8-3-4-9-24(22)28)7-5-11-25(30)27-14-19-13-21(16-27)23-10-6-12-26(31)29(23)15-19/h3-4,6,8-10,12,17-19,21H,5,7,11,13-16H2,1-2H3/t19-,21+/m1/s1. The van der Waals surface area contributed by atoms with Crippen LogP contribution in [0.5, 0.6) is 0 Å². The molecular formula is C26H31N3O2. The van der Waals surface area contributed by atoms with E-state index in [0.29, 0.717) is 18.4 Å². The van der Waals surface area contributed by atoms with Gasteiger partial charge in [-0.1, -0.05) is 24.3 Å². The smallest absolute Gasteiger partial charge is 0.250 e. The second-order valence-electron chi connectivity index (χ2n) is 9.52. The first-order chi connectivity index (χ1) is 15.0. The van der Waals surface area contributed by atoms with Gasteiger partial charge in [0.1, 0.15) is 0 Å². The van der Waals surface area contributed by atoms with Gasteiger partial charge in [0.25, 0.3) is 5.56 Å². The molecule has 5 heteroatoms. The molecule has 2 atom stereocenters. The van der Waals surface area contributed by atoms with Gasteiger partial charge in [0, 0.05) is 66.9 Å². The van der Waals surface area contributed by atoms with Crippen molar-refractivity contribution < 1.29 is 4.79 Å². The number of piperidine rings is 1. The van der Waals surface area contributed by atoms with Gasteiger partial charge < -0.3 is 14.0 Å². The predicted molar refractivity (Wildman–Crippen MR) is 123 cm³/mol. The Morgan fingerprint density at radius 1 is 1.06 bits per heavy atom. The summed E-state index contributed by atoms with van der Waals surface area (Å²) in [5.74, 6) is 0.933. The van der Waals surface area contributed by atoms with Crippen molar-refractivity contribution in [3.63, 3.8) is 0 Å². The molecule has 0 aliphatic carbocycles. The lowest BCUT2D eigenvalue weighted by molar-refractivity contribution is -0.134. The molecule has 2 aromatic heterocycles. The Morgan fingerprint density at radius 2 is 1.90 bits per heavy atom. The Hall–Kier alpha value is -2.82. The van der Waals surface area contributed by atoms with Gasteiger partial charge in [0.15, 0.2) is 0 Å². The molecule has 31 heavy (non-hydrogen) atoms. The molecule has 0 unspecified atom stereocenters. The van der Waals surface area contributed by atoms with E-state index in [1.165, 1.54) is 16.5 Å². The molecule has 2 bridgehead atoms. The molecule has 1 aromatic carbocycles. The number of pyridine rings is 1. The SMILES string of the molecule is CC(C)n1cc(CCCC(=O)N2C[C@H]3C[C@@H](C2)c2cccc(=O)n2C3)c2ccccc21. The third-order valence-electron chi connectivity index (χ3n) is 7.05. The lowest BCUT2D eigenvalue weighted by Crippen LogP contribution is -2.49. The highest BCUT2D eigenvalue weighted by Crippen LogP contribution is 2.35. The highest BCUT2D eigenvalue weighted by atomic mass is 16.2. The van der Waals surface area contributed by atoms with Gasteiger partial charge in [-0.15, -0.1) is 0 Å². The summed E-state index contributed by atoms with van der Waals surface area (Å²) < 4.78 is 4.25. The van der Waals surface area contributed by atoms with Crippen molar-refractivity contribution in [3.8, 4) is 0 Å². The van der Waals surface area contributed by atoms with E-state index in [2.05, 4.69) is 59.8 Å². The van der Waals surface area contributed by atoms with Gasteiger partial charge in [0.2, 0.25) is 5.91 Å². The monoisotopic (exact) mass is 417 g/mol. The summed E-state index contributed by atoms with van der Waals surface area (Å²) in [6, 6.07) is 14.5. The van der Waals surface area contributed by atoms with Crippen LogP contribution in [0.25, 0.3) is 10.9 Å². The van der Waals surface area contributed by atoms with Crippen LogP contribution in [0.3, 0.4) is 0 Å². The molecule has 0 radical (unpaired) electrons. The van der Waals surface area contributed by atoms with Crippen molar-refractivity contribution in [2.75, 3.05) is 13.1 Å². The first kappa shape index (κ1) is 20.1. The summed E-state index contributed by atoms with van der Waals surface area (Å²) >= 11 is 0. The molecule has 2 aliphatic rings. The number of fused-ring (bicyclic) bond motifs is 5. The van der Waals surface area contributed by atoms with E-state index in [9.17, 15) is 9.59 Å². The van der Waals surface area contributed by atoms with Crippen LogP contribution in [0.1, 0.15) is 56.3 Å². The minimum absolute atomic E-state index is 0.0903. The van der Waals surface area contributed by atoms with Crippen molar-refractivity contribution >= 4 is 16.8 Å². The predicted octanol–water partition coefficient (Wildman–Crippen LogP) is 4.35. The Labute approximate surface area is 183 Å². The number of likely N-dealkylation sites (tertiary alicyclic amines) is 1. The number of aryl methyl sites for hydroxylation is 1. The van der Waals surface area contributed by atoms with Crippen LogP contribution in [-0.2, 0) is 17.8 Å². The van der Waals surface area contributed by atoms with Crippen LogP contribution in [-0.4, -0.2) is 33.0 Å². The summed E-state index contributed by atoms with van der Waals surface area (Å²) in [6.07, 6.45) is 5.72. The minimum Gasteiger partial charge on any atom is -0.345 e. The number of amides is 1. The largest absolute Gasteiger partial charge is 0.345 e. The molecule has 162 valence electrons. The zero-order valence-electron chi connectivity index (χ0n) is 18.5. The van der Waals surface area contributed by atoms with Crippen LogP contribution in [0.2, 0.25) is 0 Å². The van der Waals surface area contributed by atoms with Crippen molar-refractivity contribution in [2.45, 2.75) is 58.0 Å². The number of benzene rings is 1. The maximum atomic E-state index is 13.0. The summed E-state index contributed by atoms with van der Waals surface area (Å²) in [5.41, 5.74) is 3.80. The average molecular weight is 418 g/mol. The highest BCUT2D eigenvalue weighted by molar-refractivity contribution is 5.84. The topological polar surface area (TPSA) is 47.2 Å². The number of nitrogens with zero attached hydrogens (tertiary/aromatic N) is 3. The van der Waals surface area contributed by atoms with E-state index in [1.807, 2.05) is 10.6 Å². The van der Waals surface area contributed by atoms with Crippen molar-refractivity contribution in [1.29, 1.82) is 0 Å². The fraction of sp³-hybridized carbons (Fsp3) is 0.462. The van der Waals surface area contributed by atoms with Crippen LogP contribution in [0.4, 0.5) is 0 Å².